The van der Waals surface area contributed by atoms with Crippen LogP contribution in [0, 0.1) is 0 Å². The van der Waals surface area contributed by atoms with Gasteiger partial charge in [-0.2, -0.15) is 0 Å². The average molecular weight is 233 g/mol. The van der Waals surface area contributed by atoms with Crippen LogP contribution in [0.25, 0.3) is 0 Å². The minimum atomic E-state index is 0.410. The summed E-state index contributed by atoms with van der Waals surface area (Å²) < 4.78 is 0. The first kappa shape index (κ1) is 12.2. The summed E-state index contributed by atoms with van der Waals surface area (Å²) in [5.74, 6) is 0.539. The van der Waals surface area contributed by atoms with E-state index < -0.39 is 0 Å². The quantitative estimate of drug-likeness (QED) is 0.848. The number of para-hydroxylation sites is 1. The second-order valence-corrected chi connectivity index (χ2v) is 5.25. The van der Waals surface area contributed by atoms with Gasteiger partial charge in [0.15, 0.2) is 0 Å². The molecular formula is C14H23N3. The Labute approximate surface area is 104 Å². The Morgan fingerprint density at radius 2 is 2.06 bits per heavy atom. The van der Waals surface area contributed by atoms with Gasteiger partial charge >= 0.3 is 0 Å². The molecule has 0 bridgehead atoms. The zero-order chi connectivity index (χ0) is 12.6. The van der Waals surface area contributed by atoms with Crippen molar-refractivity contribution >= 4 is 11.4 Å². The molecule has 0 aliphatic carbocycles. The zero-order valence-corrected chi connectivity index (χ0v) is 11.3. The Morgan fingerprint density at radius 3 is 2.65 bits per heavy atom. The summed E-state index contributed by atoms with van der Waals surface area (Å²) >= 11 is 0. The van der Waals surface area contributed by atoms with Gasteiger partial charge in [-0.15, -0.1) is 0 Å². The molecular weight excluding hydrogens is 210 g/mol. The number of hydrogen-bond donors (Lipinski definition) is 1. The first-order valence-electron chi connectivity index (χ1n) is 6.33. The van der Waals surface area contributed by atoms with E-state index in [1.807, 2.05) is 0 Å². The van der Waals surface area contributed by atoms with Crippen molar-refractivity contribution in [2.24, 2.45) is 5.73 Å². The van der Waals surface area contributed by atoms with Crippen LogP contribution in [-0.2, 0) is 0 Å². The highest BCUT2D eigenvalue weighted by Crippen LogP contribution is 2.39. The molecule has 17 heavy (non-hydrogen) atoms. The van der Waals surface area contributed by atoms with Crippen LogP contribution in [0.1, 0.15) is 25.3 Å². The minimum absolute atomic E-state index is 0.410. The molecule has 1 aromatic carbocycles. The van der Waals surface area contributed by atoms with Crippen molar-refractivity contribution in [2.75, 3.05) is 37.0 Å². The third-order valence-corrected chi connectivity index (χ3v) is 3.74. The molecule has 0 spiro atoms. The van der Waals surface area contributed by atoms with Crippen molar-refractivity contribution in [2.45, 2.75) is 25.8 Å². The molecule has 3 heteroatoms. The molecule has 2 N–H and O–H groups in total. The van der Waals surface area contributed by atoms with Gasteiger partial charge in [0.1, 0.15) is 0 Å². The lowest BCUT2D eigenvalue weighted by atomic mass is 9.96. The topological polar surface area (TPSA) is 32.5 Å². The molecule has 2 rings (SSSR count). The fourth-order valence-electron chi connectivity index (χ4n) is 2.66. The monoisotopic (exact) mass is 233 g/mol. The zero-order valence-electron chi connectivity index (χ0n) is 11.3. The maximum absolute atomic E-state index is 5.87. The molecule has 0 fully saturated rings. The summed E-state index contributed by atoms with van der Waals surface area (Å²) in [5, 5.41) is 0. The van der Waals surface area contributed by atoms with Crippen molar-refractivity contribution in [3.05, 3.63) is 23.8 Å². The summed E-state index contributed by atoms with van der Waals surface area (Å²) in [5.41, 5.74) is 9.96. The lowest BCUT2D eigenvalue weighted by Crippen LogP contribution is -2.50. The van der Waals surface area contributed by atoms with E-state index in [2.05, 4.69) is 55.9 Å². The van der Waals surface area contributed by atoms with Crippen molar-refractivity contribution in [3.8, 4) is 0 Å². The highest BCUT2D eigenvalue weighted by molar-refractivity contribution is 5.77. The number of rotatable bonds is 2. The molecule has 1 aliphatic rings. The van der Waals surface area contributed by atoms with E-state index in [9.17, 15) is 0 Å². The standard InChI is InChI=1S/C14H23N3/c1-10(2)12-6-5-7-13-14(12)17(4)11(8-15)9-16(13)3/h5-7,10-11H,8-9,15H2,1-4H3. The lowest BCUT2D eigenvalue weighted by Gasteiger charge is -2.42. The van der Waals surface area contributed by atoms with Crippen LogP contribution in [0.15, 0.2) is 18.2 Å². The highest BCUT2D eigenvalue weighted by Gasteiger charge is 2.28. The number of anilines is 2. The molecule has 0 saturated heterocycles. The first-order valence-corrected chi connectivity index (χ1v) is 6.33. The number of likely N-dealkylation sites (N-methyl/N-ethyl adjacent to an activating group) is 2. The summed E-state index contributed by atoms with van der Waals surface area (Å²) in [6.45, 7) is 6.19. The third-order valence-electron chi connectivity index (χ3n) is 3.74. The Hall–Kier alpha value is -1.22. The molecule has 1 atom stereocenters. The number of hydrogen-bond acceptors (Lipinski definition) is 3. The van der Waals surface area contributed by atoms with Crippen molar-refractivity contribution in [3.63, 3.8) is 0 Å². The van der Waals surface area contributed by atoms with E-state index in [1.54, 1.807) is 0 Å². The second-order valence-electron chi connectivity index (χ2n) is 5.25. The number of nitrogens with two attached hydrogens (primary N) is 1. The van der Waals surface area contributed by atoms with Gasteiger partial charge in [-0.05, 0) is 17.5 Å². The van der Waals surface area contributed by atoms with Gasteiger partial charge < -0.3 is 15.5 Å². The number of fused-ring (bicyclic) bond motifs is 1. The van der Waals surface area contributed by atoms with Gasteiger partial charge in [0, 0.05) is 27.2 Å². The average Bonchev–Trinajstić information content (AvgIpc) is 2.32. The Kier molecular flexibility index (Phi) is 3.29. The molecule has 94 valence electrons. The van der Waals surface area contributed by atoms with Gasteiger partial charge in [-0.25, -0.2) is 0 Å². The molecule has 0 saturated carbocycles. The van der Waals surface area contributed by atoms with Crippen LogP contribution in [-0.4, -0.2) is 33.2 Å². The molecule has 3 nitrogen and oxygen atoms in total. The predicted molar refractivity (Wildman–Crippen MR) is 75.0 cm³/mol. The largest absolute Gasteiger partial charge is 0.371 e. The van der Waals surface area contributed by atoms with E-state index in [-0.39, 0.29) is 0 Å². The molecule has 0 radical (unpaired) electrons. The van der Waals surface area contributed by atoms with Crippen LogP contribution in [0.2, 0.25) is 0 Å². The van der Waals surface area contributed by atoms with E-state index in [4.69, 9.17) is 5.73 Å². The Balaban J connectivity index is 2.54. The van der Waals surface area contributed by atoms with Crippen LogP contribution in [0.5, 0.6) is 0 Å². The molecule has 1 aromatic rings. The van der Waals surface area contributed by atoms with Crippen LogP contribution < -0.4 is 15.5 Å². The lowest BCUT2D eigenvalue weighted by molar-refractivity contribution is 0.605. The van der Waals surface area contributed by atoms with Crippen molar-refractivity contribution < 1.29 is 0 Å². The summed E-state index contributed by atoms with van der Waals surface area (Å²) in [6, 6.07) is 6.99. The molecule has 1 heterocycles. The molecule has 1 aliphatic heterocycles. The van der Waals surface area contributed by atoms with Gasteiger partial charge in [0.2, 0.25) is 0 Å². The van der Waals surface area contributed by atoms with Crippen LogP contribution >= 0.6 is 0 Å². The summed E-state index contributed by atoms with van der Waals surface area (Å²) in [6.07, 6.45) is 0. The van der Waals surface area contributed by atoms with Gasteiger partial charge in [0.05, 0.1) is 17.4 Å². The summed E-state index contributed by atoms with van der Waals surface area (Å²) in [7, 11) is 4.31. The minimum Gasteiger partial charge on any atom is -0.371 e. The van der Waals surface area contributed by atoms with E-state index in [1.165, 1.54) is 16.9 Å². The normalized spacial score (nSPS) is 19.8. The van der Waals surface area contributed by atoms with Crippen LogP contribution in [0.3, 0.4) is 0 Å². The SMILES string of the molecule is CC(C)c1cccc2c1N(C)C(CN)CN2C. The predicted octanol–water partition coefficient (Wildman–Crippen LogP) is 2.02. The number of benzene rings is 1. The van der Waals surface area contributed by atoms with E-state index in [0.29, 0.717) is 18.5 Å². The highest BCUT2D eigenvalue weighted by atomic mass is 15.3. The van der Waals surface area contributed by atoms with Crippen molar-refractivity contribution in [1.82, 2.24) is 0 Å². The maximum atomic E-state index is 5.87. The van der Waals surface area contributed by atoms with Crippen LogP contribution in [0.4, 0.5) is 11.4 Å². The third kappa shape index (κ3) is 2.00. The van der Waals surface area contributed by atoms with Gasteiger partial charge in [0.25, 0.3) is 0 Å². The van der Waals surface area contributed by atoms with E-state index >= 15 is 0 Å². The van der Waals surface area contributed by atoms with Gasteiger partial charge in [-0.1, -0.05) is 26.0 Å². The second kappa shape index (κ2) is 4.57. The summed E-state index contributed by atoms with van der Waals surface area (Å²) in [4.78, 5) is 4.67. The van der Waals surface area contributed by atoms with Crippen molar-refractivity contribution in [1.29, 1.82) is 0 Å². The Morgan fingerprint density at radius 1 is 1.35 bits per heavy atom. The smallest absolute Gasteiger partial charge is 0.0640 e. The number of nitrogens with zero attached hydrogens (tertiary/aromatic N) is 2. The molecule has 0 amide bonds. The fraction of sp³-hybridized carbons (Fsp3) is 0.571. The Bertz CT molecular complexity index is 386. The maximum Gasteiger partial charge on any atom is 0.0640 e. The fourth-order valence-corrected chi connectivity index (χ4v) is 2.66. The van der Waals surface area contributed by atoms with E-state index in [0.717, 1.165) is 6.54 Å². The molecule has 0 aromatic heterocycles. The first-order chi connectivity index (χ1) is 8.06. The van der Waals surface area contributed by atoms with Gasteiger partial charge in [-0.3, -0.25) is 0 Å². The molecule has 1 unspecified atom stereocenters.